The van der Waals surface area contributed by atoms with Crippen molar-refractivity contribution in [1.29, 1.82) is 0 Å². The fraction of sp³-hybridized carbons (Fsp3) is 0.174. The van der Waals surface area contributed by atoms with Crippen LogP contribution < -0.4 is 24.4 Å². The van der Waals surface area contributed by atoms with Crippen LogP contribution >= 0.6 is 22.9 Å². The molecule has 0 saturated heterocycles. The third-order valence-corrected chi connectivity index (χ3v) is 6.65. The predicted molar refractivity (Wildman–Crippen MR) is 120 cm³/mol. The number of fused-ring (bicyclic) bond motifs is 2. The van der Waals surface area contributed by atoms with Crippen molar-refractivity contribution in [2.45, 2.75) is 13.0 Å². The molecule has 0 bridgehead atoms. The van der Waals surface area contributed by atoms with Crippen LogP contribution in [0, 0.1) is 0 Å². The van der Waals surface area contributed by atoms with Crippen LogP contribution in [0.15, 0.2) is 63.5 Å². The summed E-state index contributed by atoms with van der Waals surface area (Å²) in [7, 11) is 1.30. The molecule has 162 valence electrons. The number of esters is 1. The maximum absolute atomic E-state index is 13.5. The van der Waals surface area contributed by atoms with E-state index in [-0.39, 0.29) is 17.9 Å². The van der Waals surface area contributed by atoms with Crippen LogP contribution in [0.25, 0.3) is 6.08 Å². The van der Waals surface area contributed by atoms with Crippen LogP contribution in [0.3, 0.4) is 0 Å². The zero-order valence-corrected chi connectivity index (χ0v) is 18.7. The Morgan fingerprint density at radius 1 is 1.25 bits per heavy atom. The smallest absolute Gasteiger partial charge is 0.338 e. The van der Waals surface area contributed by atoms with Gasteiger partial charge in [-0.15, -0.1) is 0 Å². The van der Waals surface area contributed by atoms with Crippen molar-refractivity contribution in [3.8, 4) is 11.5 Å². The zero-order chi connectivity index (χ0) is 22.4. The second-order valence-electron chi connectivity index (χ2n) is 7.21. The molecule has 9 heteroatoms. The third-order valence-electron chi connectivity index (χ3n) is 5.32. The largest absolute Gasteiger partial charge is 0.466 e. The van der Waals surface area contributed by atoms with Crippen LogP contribution in [-0.2, 0) is 9.53 Å². The summed E-state index contributed by atoms with van der Waals surface area (Å²) >= 11 is 7.72. The molecule has 7 nitrogen and oxygen atoms in total. The Morgan fingerprint density at radius 3 is 2.81 bits per heavy atom. The molecule has 2 aliphatic rings. The van der Waals surface area contributed by atoms with Gasteiger partial charge in [0.15, 0.2) is 16.3 Å². The van der Waals surface area contributed by atoms with Gasteiger partial charge in [0.05, 0.1) is 22.9 Å². The first-order valence-electron chi connectivity index (χ1n) is 9.73. The fourth-order valence-electron chi connectivity index (χ4n) is 3.84. The Labute approximate surface area is 191 Å². The summed E-state index contributed by atoms with van der Waals surface area (Å²) in [4.78, 5) is 31.2. The molecule has 0 radical (unpaired) electrons. The lowest BCUT2D eigenvalue weighted by molar-refractivity contribution is -0.136. The molecule has 0 unspecified atom stereocenters. The number of thiazole rings is 1. The number of halogens is 1. The van der Waals surface area contributed by atoms with Gasteiger partial charge in [-0.25, -0.2) is 9.79 Å². The molecular weight excluding hydrogens is 452 g/mol. The number of hydrogen-bond donors (Lipinski definition) is 0. The van der Waals surface area contributed by atoms with Crippen LogP contribution in [-0.4, -0.2) is 24.4 Å². The first-order chi connectivity index (χ1) is 15.5. The number of benzene rings is 2. The van der Waals surface area contributed by atoms with Gasteiger partial charge in [0.25, 0.3) is 5.56 Å². The van der Waals surface area contributed by atoms with Gasteiger partial charge in [-0.05, 0) is 42.3 Å². The highest BCUT2D eigenvalue weighted by atomic mass is 35.5. The van der Waals surface area contributed by atoms with E-state index in [1.54, 1.807) is 37.3 Å². The van der Waals surface area contributed by atoms with Crippen molar-refractivity contribution in [3.05, 3.63) is 89.6 Å². The van der Waals surface area contributed by atoms with Gasteiger partial charge in [0, 0.05) is 5.02 Å². The van der Waals surface area contributed by atoms with Crippen LogP contribution in [0.2, 0.25) is 5.02 Å². The molecule has 2 aliphatic heterocycles. The number of allylic oxidation sites excluding steroid dienone is 1. The number of ether oxygens (including phenoxy) is 3. The summed E-state index contributed by atoms with van der Waals surface area (Å²) in [5, 5.41) is 0.443. The van der Waals surface area contributed by atoms with Gasteiger partial charge in [-0.1, -0.05) is 47.2 Å². The average Bonchev–Trinajstić information content (AvgIpc) is 3.37. The normalized spacial score (nSPS) is 17.2. The molecular formula is C23H17ClN2O5S. The van der Waals surface area contributed by atoms with Crippen molar-refractivity contribution in [2.24, 2.45) is 4.99 Å². The third kappa shape index (κ3) is 3.32. The fourth-order valence-corrected chi connectivity index (χ4v) is 5.12. The van der Waals surface area contributed by atoms with Gasteiger partial charge < -0.3 is 14.2 Å². The molecule has 0 saturated carbocycles. The van der Waals surface area contributed by atoms with E-state index in [4.69, 9.17) is 25.8 Å². The highest BCUT2D eigenvalue weighted by Gasteiger charge is 2.34. The molecule has 5 rings (SSSR count). The number of methoxy groups -OCH3 is 1. The summed E-state index contributed by atoms with van der Waals surface area (Å²) in [5.74, 6) is 0.742. The van der Waals surface area contributed by atoms with Crippen LogP contribution in [0.1, 0.15) is 24.1 Å². The second kappa shape index (κ2) is 7.96. The maximum Gasteiger partial charge on any atom is 0.338 e. The van der Waals surface area contributed by atoms with Crippen LogP contribution in [0.5, 0.6) is 11.5 Å². The summed E-state index contributed by atoms with van der Waals surface area (Å²) in [6.45, 7) is 1.90. The van der Waals surface area contributed by atoms with Crippen molar-refractivity contribution >= 4 is 35.0 Å². The highest BCUT2D eigenvalue weighted by molar-refractivity contribution is 7.07. The van der Waals surface area contributed by atoms with Crippen LogP contribution in [0.4, 0.5) is 0 Å². The monoisotopic (exact) mass is 468 g/mol. The molecule has 0 aliphatic carbocycles. The lowest BCUT2D eigenvalue weighted by Crippen LogP contribution is -2.39. The summed E-state index contributed by atoms with van der Waals surface area (Å²) in [6.07, 6.45) is 1.77. The lowest BCUT2D eigenvalue weighted by Gasteiger charge is -2.25. The number of hydrogen-bond acceptors (Lipinski definition) is 7. The van der Waals surface area contributed by atoms with E-state index < -0.39 is 12.0 Å². The van der Waals surface area contributed by atoms with Gasteiger partial charge in [0.1, 0.15) is 6.04 Å². The summed E-state index contributed by atoms with van der Waals surface area (Å²) < 4.78 is 17.8. The summed E-state index contributed by atoms with van der Waals surface area (Å²) in [5.41, 5.74) is 1.91. The van der Waals surface area contributed by atoms with E-state index in [1.165, 1.54) is 23.0 Å². The van der Waals surface area contributed by atoms with Gasteiger partial charge in [-0.2, -0.15) is 0 Å². The van der Waals surface area contributed by atoms with Crippen molar-refractivity contribution in [1.82, 2.24) is 4.57 Å². The molecule has 3 aromatic rings. The minimum atomic E-state index is -0.744. The van der Waals surface area contributed by atoms with E-state index in [2.05, 4.69) is 4.99 Å². The molecule has 2 aromatic carbocycles. The predicted octanol–water partition coefficient (Wildman–Crippen LogP) is 2.79. The number of carbonyl (C=O) groups is 1. The Morgan fingerprint density at radius 2 is 2.03 bits per heavy atom. The molecule has 0 fully saturated rings. The highest BCUT2D eigenvalue weighted by Crippen LogP contribution is 2.35. The molecule has 3 heterocycles. The Bertz CT molecular complexity index is 1470. The Balaban J connectivity index is 1.73. The van der Waals surface area contributed by atoms with Crippen molar-refractivity contribution < 1.29 is 19.0 Å². The standard InChI is InChI=1S/C23H17ClN2O5S/c1-12-19(22(28)29-2)20(14-5-3-4-6-15(14)24)26-21(27)18(32-23(26)25-12)10-13-7-8-16-17(9-13)31-11-30-16/h3-10,20H,11H2,1-2H3/b18-10+/t20-/m1/s1. The second-order valence-corrected chi connectivity index (χ2v) is 8.62. The molecule has 1 atom stereocenters. The number of nitrogens with zero attached hydrogens (tertiary/aromatic N) is 2. The SMILES string of the molecule is COC(=O)C1=C(C)N=c2s/c(=C/c3ccc4c(c3)OCO4)c(=O)n2[C@@H]1c1ccccc1Cl. The molecule has 0 amide bonds. The van der Waals surface area contributed by atoms with E-state index in [0.717, 1.165) is 5.56 Å². The minimum Gasteiger partial charge on any atom is -0.466 e. The van der Waals surface area contributed by atoms with Gasteiger partial charge in [-0.3, -0.25) is 9.36 Å². The van der Waals surface area contributed by atoms with Crippen molar-refractivity contribution in [2.75, 3.05) is 13.9 Å². The molecule has 0 N–H and O–H groups in total. The maximum atomic E-state index is 13.5. The molecule has 1 aromatic heterocycles. The minimum absolute atomic E-state index is 0.175. The average molecular weight is 469 g/mol. The first-order valence-corrected chi connectivity index (χ1v) is 10.9. The van der Waals surface area contributed by atoms with Crippen molar-refractivity contribution in [3.63, 3.8) is 0 Å². The molecule has 0 spiro atoms. The van der Waals surface area contributed by atoms with E-state index in [1.807, 2.05) is 18.2 Å². The lowest BCUT2D eigenvalue weighted by atomic mass is 9.96. The number of rotatable bonds is 3. The summed E-state index contributed by atoms with van der Waals surface area (Å²) in [6, 6.07) is 11.9. The Kier molecular flexibility index (Phi) is 5.11. The zero-order valence-electron chi connectivity index (χ0n) is 17.1. The van der Waals surface area contributed by atoms with E-state index in [0.29, 0.717) is 37.1 Å². The Hall–Kier alpha value is -3.36. The topological polar surface area (TPSA) is 79.1 Å². The van der Waals surface area contributed by atoms with E-state index in [9.17, 15) is 9.59 Å². The first kappa shape index (κ1) is 20.5. The number of aromatic nitrogens is 1. The quantitative estimate of drug-likeness (QED) is 0.552. The van der Waals surface area contributed by atoms with Gasteiger partial charge >= 0.3 is 5.97 Å². The molecule has 32 heavy (non-hydrogen) atoms. The van der Waals surface area contributed by atoms with Gasteiger partial charge in [0.2, 0.25) is 6.79 Å². The van der Waals surface area contributed by atoms with E-state index >= 15 is 0 Å². The number of carbonyl (C=O) groups excluding carboxylic acids is 1.